The van der Waals surface area contributed by atoms with Crippen molar-refractivity contribution in [3.05, 3.63) is 117 Å². The molecule has 0 bridgehead atoms. The Bertz CT molecular complexity index is 1490. The highest BCUT2D eigenvalue weighted by Gasteiger charge is 2.43. The van der Waals surface area contributed by atoms with Gasteiger partial charge >= 0.3 is 0 Å². The van der Waals surface area contributed by atoms with Crippen molar-refractivity contribution in [3.8, 4) is 5.75 Å². The van der Waals surface area contributed by atoms with E-state index in [9.17, 15) is 14.0 Å². The van der Waals surface area contributed by atoms with Crippen molar-refractivity contribution in [2.75, 3.05) is 11.5 Å². The van der Waals surface area contributed by atoms with Gasteiger partial charge in [0.1, 0.15) is 23.8 Å². The first-order valence-corrected chi connectivity index (χ1v) is 10.9. The second kappa shape index (κ2) is 8.30. The Labute approximate surface area is 195 Å². The minimum absolute atomic E-state index is 0.00191. The van der Waals surface area contributed by atoms with E-state index < -0.39 is 17.8 Å². The van der Waals surface area contributed by atoms with Gasteiger partial charge in [0.2, 0.25) is 5.76 Å². The molecule has 1 atom stereocenters. The molecule has 0 aliphatic carbocycles. The zero-order valence-corrected chi connectivity index (χ0v) is 18.8. The Morgan fingerprint density at radius 1 is 1.03 bits per heavy atom. The van der Waals surface area contributed by atoms with E-state index in [1.54, 1.807) is 30.3 Å². The first-order chi connectivity index (χ1) is 16.4. The van der Waals surface area contributed by atoms with E-state index in [-0.39, 0.29) is 16.8 Å². The molecule has 3 aromatic carbocycles. The number of hydrogen-bond acceptors (Lipinski definition) is 4. The quantitative estimate of drug-likeness (QED) is 0.354. The number of ether oxygens (including phenoxy) is 1. The molecule has 1 aromatic heterocycles. The molecule has 0 fully saturated rings. The summed E-state index contributed by atoms with van der Waals surface area (Å²) in [5, 5.41) is 0.423. The molecular formula is C28H22FNO4. The summed E-state index contributed by atoms with van der Waals surface area (Å²) in [5.74, 6) is -0.227. The summed E-state index contributed by atoms with van der Waals surface area (Å²) in [6.07, 6.45) is 1.65. The molecule has 1 aliphatic heterocycles. The van der Waals surface area contributed by atoms with Crippen LogP contribution in [0.1, 0.15) is 38.9 Å². The van der Waals surface area contributed by atoms with E-state index in [2.05, 4.69) is 6.58 Å². The van der Waals surface area contributed by atoms with Gasteiger partial charge in [0.05, 0.1) is 17.0 Å². The third-order valence-electron chi connectivity index (χ3n) is 6.15. The number of fused-ring (bicyclic) bond motifs is 2. The Morgan fingerprint density at radius 3 is 2.38 bits per heavy atom. The van der Waals surface area contributed by atoms with Crippen molar-refractivity contribution in [2.45, 2.75) is 19.9 Å². The zero-order valence-electron chi connectivity index (χ0n) is 18.8. The van der Waals surface area contributed by atoms with Crippen molar-refractivity contribution in [1.82, 2.24) is 0 Å². The summed E-state index contributed by atoms with van der Waals surface area (Å²) < 4.78 is 25.2. The van der Waals surface area contributed by atoms with Crippen LogP contribution in [-0.4, -0.2) is 12.5 Å². The number of rotatable bonds is 5. The highest BCUT2D eigenvalue weighted by Crippen LogP contribution is 2.41. The van der Waals surface area contributed by atoms with Gasteiger partial charge in [-0.2, -0.15) is 0 Å². The number of anilines is 1. The van der Waals surface area contributed by atoms with E-state index >= 15 is 0 Å². The Balaban J connectivity index is 1.73. The topological polar surface area (TPSA) is 59.8 Å². The molecule has 4 aromatic rings. The number of halogens is 1. The van der Waals surface area contributed by atoms with E-state index in [1.807, 2.05) is 26.0 Å². The molecular weight excluding hydrogens is 433 g/mol. The molecule has 0 N–H and O–H groups in total. The molecule has 6 heteroatoms. The van der Waals surface area contributed by atoms with E-state index in [4.69, 9.17) is 9.15 Å². The molecule has 2 heterocycles. The fourth-order valence-corrected chi connectivity index (χ4v) is 4.31. The van der Waals surface area contributed by atoms with Crippen LogP contribution in [0, 0.1) is 19.7 Å². The maximum atomic E-state index is 13.7. The molecule has 0 spiro atoms. The smallest absolute Gasteiger partial charge is 0.295 e. The fraction of sp³-hybridized carbons (Fsp3) is 0.143. The van der Waals surface area contributed by atoms with Crippen LogP contribution in [0.2, 0.25) is 0 Å². The molecule has 34 heavy (non-hydrogen) atoms. The molecule has 0 saturated heterocycles. The van der Waals surface area contributed by atoms with Gasteiger partial charge in [0.15, 0.2) is 5.43 Å². The SMILES string of the molecule is C=CCOc1ccc(C2c3c(oc4cc(C)c(C)cc4c3=O)C(=O)N2c2ccc(F)cc2)cc1. The molecule has 1 unspecified atom stereocenters. The number of carbonyl (C=O) groups excluding carboxylic acids is 1. The van der Waals surface area contributed by atoms with Gasteiger partial charge in [-0.15, -0.1) is 0 Å². The average Bonchev–Trinajstić information content (AvgIpc) is 3.12. The van der Waals surface area contributed by atoms with Gasteiger partial charge in [-0.1, -0.05) is 24.8 Å². The maximum Gasteiger partial charge on any atom is 0.295 e. The fourth-order valence-electron chi connectivity index (χ4n) is 4.31. The van der Waals surface area contributed by atoms with Crippen LogP contribution in [0.4, 0.5) is 10.1 Å². The predicted octanol–water partition coefficient (Wildman–Crippen LogP) is 5.86. The van der Waals surface area contributed by atoms with Gasteiger partial charge < -0.3 is 9.15 Å². The van der Waals surface area contributed by atoms with Gasteiger partial charge in [0, 0.05) is 5.69 Å². The van der Waals surface area contributed by atoms with E-state index in [0.717, 1.165) is 11.1 Å². The summed E-state index contributed by atoms with van der Waals surface area (Å²) >= 11 is 0. The number of nitrogens with zero attached hydrogens (tertiary/aromatic N) is 1. The first kappa shape index (κ1) is 21.6. The maximum absolute atomic E-state index is 13.7. The first-order valence-electron chi connectivity index (χ1n) is 10.9. The second-order valence-electron chi connectivity index (χ2n) is 8.33. The van der Waals surface area contributed by atoms with Crippen molar-refractivity contribution in [2.24, 2.45) is 0 Å². The van der Waals surface area contributed by atoms with Gasteiger partial charge in [-0.05, 0) is 79.1 Å². The van der Waals surface area contributed by atoms with Gasteiger partial charge in [-0.3, -0.25) is 14.5 Å². The van der Waals surface area contributed by atoms with Gasteiger partial charge in [-0.25, -0.2) is 4.39 Å². The second-order valence-corrected chi connectivity index (χ2v) is 8.33. The van der Waals surface area contributed by atoms with Crippen LogP contribution in [-0.2, 0) is 0 Å². The monoisotopic (exact) mass is 455 g/mol. The van der Waals surface area contributed by atoms with Crippen LogP contribution in [0.5, 0.6) is 5.75 Å². The lowest BCUT2D eigenvalue weighted by Crippen LogP contribution is -2.29. The Morgan fingerprint density at radius 2 is 1.71 bits per heavy atom. The highest BCUT2D eigenvalue weighted by molar-refractivity contribution is 6.10. The minimum Gasteiger partial charge on any atom is -0.490 e. The Hall–Kier alpha value is -4.19. The number of amides is 1. The van der Waals surface area contributed by atoms with E-state index in [1.165, 1.54) is 29.2 Å². The lowest BCUT2D eigenvalue weighted by atomic mass is 9.97. The molecule has 0 radical (unpaired) electrons. The van der Waals surface area contributed by atoms with Crippen molar-refractivity contribution < 1.29 is 18.3 Å². The van der Waals surface area contributed by atoms with Crippen LogP contribution in [0.25, 0.3) is 11.0 Å². The van der Waals surface area contributed by atoms with Crippen LogP contribution in [0.3, 0.4) is 0 Å². The standard InChI is InChI=1S/C28H22FNO4/c1-4-13-33-21-11-5-18(6-12-21)25-24-26(31)22-14-16(2)17(3)15-23(22)34-27(24)28(32)30(25)20-9-7-19(29)8-10-20/h4-12,14-15,25H,1,13H2,2-3H3. The number of carbonyl (C=O) groups is 1. The van der Waals surface area contributed by atoms with E-state index in [0.29, 0.717) is 34.6 Å². The number of aryl methyl sites for hydroxylation is 2. The number of benzene rings is 3. The van der Waals surface area contributed by atoms with Crippen LogP contribution in [0.15, 0.2) is 82.5 Å². The lowest BCUT2D eigenvalue weighted by molar-refractivity contribution is 0.0971. The molecule has 1 aliphatic rings. The normalized spacial score (nSPS) is 15.0. The molecule has 0 saturated carbocycles. The molecule has 5 nitrogen and oxygen atoms in total. The minimum atomic E-state index is -0.733. The summed E-state index contributed by atoms with van der Waals surface area (Å²) in [6, 6.07) is 15.6. The summed E-state index contributed by atoms with van der Waals surface area (Å²) in [4.78, 5) is 28.8. The molecule has 5 rings (SSSR count). The summed E-state index contributed by atoms with van der Waals surface area (Å²) in [6.45, 7) is 7.86. The lowest BCUT2D eigenvalue weighted by Gasteiger charge is -2.25. The highest BCUT2D eigenvalue weighted by atomic mass is 19.1. The predicted molar refractivity (Wildman–Crippen MR) is 129 cm³/mol. The third-order valence-corrected chi connectivity index (χ3v) is 6.15. The van der Waals surface area contributed by atoms with Gasteiger partial charge in [0.25, 0.3) is 5.91 Å². The van der Waals surface area contributed by atoms with Crippen LogP contribution >= 0.6 is 0 Å². The molecule has 1 amide bonds. The summed E-state index contributed by atoms with van der Waals surface area (Å²) in [5.41, 5.74) is 3.47. The van der Waals surface area contributed by atoms with Crippen molar-refractivity contribution in [1.29, 1.82) is 0 Å². The number of hydrogen-bond donors (Lipinski definition) is 0. The van der Waals surface area contributed by atoms with Crippen LogP contribution < -0.4 is 15.1 Å². The van der Waals surface area contributed by atoms with Crippen molar-refractivity contribution in [3.63, 3.8) is 0 Å². The largest absolute Gasteiger partial charge is 0.490 e. The Kier molecular flexibility index (Phi) is 5.28. The van der Waals surface area contributed by atoms with Crippen molar-refractivity contribution >= 4 is 22.6 Å². The average molecular weight is 455 g/mol. The molecule has 170 valence electrons. The summed E-state index contributed by atoms with van der Waals surface area (Å²) in [7, 11) is 0. The third kappa shape index (κ3) is 3.48. The zero-order chi connectivity index (χ0) is 24.0.